The third kappa shape index (κ3) is 10.2. The fourth-order valence-corrected chi connectivity index (χ4v) is 15.0. The van der Waals surface area contributed by atoms with E-state index >= 15 is 0 Å². The van der Waals surface area contributed by atoms with Gasteiger partial charge in [-0.05, 0) is 113 Å². The Balaban J connectivity index is 0.847. The van der Waals surface area contributed by atoms with Gasteiger partial charge in [-0.25, -0.2) is 0 Å². The minimum atomic E-state index is -1.75. The van der Waals surface area contributed by atoms with Crippen molar-refractivity contribution in [3.05, 3.63) is 11.6 Å². The van der Waals surface area contributed by atoms with E-state index in [1.807, 2.05) is 13.8 Å². The van der Waals surface area contributed by atoms with Crippen molar-refractivity contribution in [1.29, 1.82) is 0 Å². The lowest BCUT2D eigenvalue weighted by molar-refractivity contribution is -0.388. The van der Waals surface area contributed by atoms with Crippen molar-refractivity contribution >= 4 is 0 Å². The molecule has 9 aliphatic rings. The van der Waals surface area contributed by atoms with Crippen LogP contribution in [0.2, 0.25) is 0 Å². The van der Waals surface area contributed by atoms with Gasteiger partial charge in [0.25, 0.3) is 0 Å². The van der Waals surface area contributed by atoms with Crippen LogP contribution in [0.3, 0.4) is 0 Å². The molecule has 4 aliphatic carbocycles. The van der Waals surface area contributed by atoms with E-state index in [1.165, 1.54) is 19.4 Å². The van der Waals surface area contributed by atoms with Crippen molar-refractivity contribution in [2.45, 2.75) is 246 Å². The van der Waals surface area contributed by atoms with Gasteiger partial charge in [0.15, 0.2) is 25.2 Å². The quantitative estimate of drug-likeness (QED) is 0.0823. The van der Waals surface area contributed by atoms with Crippen LogP contribution in [-0.4, -0.2) is 233 Å². The molecule has 73 heavy (non-hydrogen) atoms. The summed E-state index contributed by atoms with van der Waals surface area (Å²) in [6.07, 6.45) is -20.7. The first kappa shape index (κ1) is 56.6. The number of hydrogen-bond donors (Lipinski definition) is 13. The number of aliphatic hydroxyl groups is 13. The van der Waals surface area contributed by atoms with Gasteiger partial charge in [-0.2, -0.15) is 0 Å². The lowest BCUT2D eigenvalue weighted by Crippen LogP contribution is -2.66. The molecule has 22 nitrogen and oxygen atoms in total. The minimum Gasteiger partial charge on any atom is -0.394 e. The van der Waals surface area contributed by atoms with E-state index in [0.717, 1.165) is 32.1 Å². The molecule has 5 heterocycles. The van der Waals surface area contributed by atoms with E-state index in [4.69, 9.17) is 42.6 Å². The lowest BCUT2D eigenvalue weighted by atomic mass is 9.46. The fraction of sp³-hybridized carbons (Fsp3) is 0.961. The standard InChI is InChI=1S/C51H84O22/c1-20(19-65-45-38(60)37(59)34(56)29(17-52)70-45)7-10-31-51(6,64)44-28(69-31)16-27-25-9-8-23-15-24(11-13-49(23,4)26(25)12-14-50(27,44)5)68-48-43(73-47-40(62)36(58)33(55)22(3)67-47)41(63)42(30(18-53)71-48)72-46-39(61)35(57)32(54)21(2)66-46/h8,20-22,24-48,52-64H,7,9-19H2,1-6H3/t20-,21+,22+,24+,25-,26+,27+,28+,29-,30-,31?,32+,33+,34-,35-,36-,37+,38-,39-,40-,41+,42-,43-,44+,45-,46+,47+,48-,49+,50+,51-/m1/s1. The van der Waals surface area contributed by atoms with Crippen molar-refractivity contribution in [3.8, 4) is 0 Å². The van der Waals surface area contributed by atoms with Crippen LogP contribution >= 0.6 is 0 Å². The molecule has 0 aromatic carbocycles. The fourth-order valence-electron chi connectivity index (χ4n) is 15.0. The SMILES string of the molecule is C[C@H](CCC1O[C@H]2C[C@H]3[C@@H]4CC=C5C[C@@H](O[C@@H]6O[C@H](CO)[C@@H](O[C@@H]7O[C@@H](C)[C@H](O)[C@@H](O)[C@H]7O)[C@H](O)[C@H]6O[C@@H]6O[C@@H](C)[C@H](O)[C@@H](O)[C@H]6O)CC[C@]5(C)[C@H]4CC[C@]3(C)[C@H]2[C@]1(C)O)CO[C@@H]1O[C@H](CO)[C@@H](O)[C@H](O)[C@H]1O. The van der Waals surface area contributed by atoms with Gasteiger partial charge in [0.05, 0.1) is 55.9 Å². The van der Waals surface area contributed by atoms with Gasteiger partial charge in [0, 0.05) is 5.92 Å². The first-order valence-corrected chi connectivity index (χ1v) is 26.7. The van der Waals surface area contributed by atoms with E-state index in [-0.39, 0.29) is 35.4 Å². The van der Waals surface area contributed by atoms with Crippen molar-refractivity contribution < 1.29 is 109 Å². The molecular weight excluding hydrogens is 965 g/mol. The third-order valence-corrected chi connectivity index (χ3v) is 19.3. The van der Waals surface area contributed by atoms with Crippen LogP contribution in [0.1, 0.15) is 99.3 Å². The summed E-state index contributed by atoms with van der Waals surface area (Å²) >= 11 is 0. The topological polar surface area (TPSA) is 346 Å². The maximum Gasteiger partial charge on any atom is 0.187 e. The van der Waals surface area contributed by atoms with Crippen molar-refractivity contribution in [1.82, 2.24) is 0 Å². The van der Waals surface area contributed by atoms with Crippen molar-refractivity contribution in [3.63, 3.8) is 0 Å². The zero-order chi connectivity index (χ0) is 52.8. The summed E-state index contributed by atoms with van der Waals surface area (Å²) in [5, 5.41) is 139. The van der Waals surface area contributed by atoms with Crippen LogP contribution in [0, 0.1) is 40.4 Å². The monoisotopic (exact) mass is 1050 g/mol. The molecule has 9 rings (SSSR count). The maximum absolute atomic E-state index is 12.4. The first-order valence-electron chi connectivity index (χ1n) is 26.7. The number of fused-ring (bicyclic) bond motifs is 7. The van der Waals surface area contributed by atoms with E-state index in [2.05, 4.69) is 19.9 Å². The highest BCUT2D eigenvalue weighted by Gasteiger charge is 2.69. The van der Waals surface area contributed by atoms with Gasteiger partial charge in [-0.3, -0.25) is 0 Å². The van der Waals surface area contributed by atoms with E-state index in [9.17, 15) is 66.4 Å². The summed E-state index contributed by atoms with van der Waals surface area (Å²) in [5.74, 6) is 0.964. The molecule has 0 radical (unpaired) electrons. The van der Waals surface area contributed by atoms with Gasteiger partial charge in [0.2, 0.25) is 0 Å². The average Bonchev–Trinajstić information content (AvgIpc) is 3.82. The summed E-state index contributed by atoms with van der Waals surface area (Å²) < 4.78 is 54.7. The largest absolute Gasteiger partial charge is 0.394 e. The zero-order valence-corrected chi connectivity index (χ0v) is 42.7. The number of allylic oxidation sites excluding steroid dienone is 1. The van der Waals surface area contributed by atoms with E-state index < -0.39 is 154 Å². The second kappa shape index (κ2) is 21.8. The molecule has 0 amide bonds. The normalized spacial score (nSPS) is 55.5. The highest BCUT2D eigenvalue weighted by atomic mass is 16.8. The molecular formula is C51H84O22. The number of aliphatic hydroxyl groups excluding tert-OH is 12. The third-order valence-electron chi connectivity index (χ3n) is 19.3. The summed E-state index contributed by atoms with van der Waals surface area (Å²) in [5.41, 5.74) is -0.143. The van der Waals surface area contributed by atoms with Gasteiger partial charge in [-0.1, -0.05) is 32.4 Å². The summed E-state index contributed by atoms with van der Waals surface area (Å²) in [4.78, 5) is 0. The molecule has 0 aromatic rings. The second-order valence-corrected chi connectivity index (χ2v) is 23.9. The molecule has 5 saturated heterocycles. The van der Waals surface area contributed by atoms with E-state index in [0.29, 0.717) is 43.4 Å². The Bertz CT molecular complexity index is 1900. The van der Waals surface area contributed by atoms with Crippen LogP contribution in [0.5, 0.6) is 0 Å². The second-order valence-electron chi connectivity index (χ2n) is 23.9. The van der Waals surface area contributed by atoms with Gasteiger partial charge in [-0.15, -0.1) is 0 Å². The Morgan fingerprint density at radius 1 is 0.630 bits per heavy atom. The molecule has 0 aromatic heterocycles. The Kier molecular flexibility index (Phi) is 16.9. The predicted octanol–water partition coefficient (Wildman–Crippen LogP) is -2.18. The van der Waals surface area contributed by atoms with Crippen LogP contribution in [-0.2, 0) is 42.6 Å². The zero-order valence-electron chi connectivity index (χ0n) is 42.7. The number of ether oxygens (including phenoxy) is 9. The van der Waals surface area contributed by atoms with Crippen LogP contribution < -0.4 is 0 Å². The molecule has 3 saturated carbocycles. The van der Waals surface area contributed by atoms with Crippen LogP contribution in [0.4, 0.5) is 0 Å². The minimum absolute atomic E-state index is 0.0217. The number of hydrogen-bond acceptors (Lipinski definition) is 22. The molecule has 8 fully saturated rings. The summed E-state index contributed by atoms with van der Waals surface area (Å²) in [7, 11) is 0. The van der Waals surface area contributed by atoms with Crippen molar-refractivity contribution in [2.75, 3.05) is 19.8 Å². The Morgan fingerprint density at radius 3 is 1.85 bits per heavy atom. The predicted molar refractivity (Wildman–Crippen MR) is 249 cm³/mol. The average molecular weight is 1050 g/mol. The summed E-state index contributed by atoms with van der Waals surface area (Å²) in [6, 6.07) is 0. The molecule has 420 valence electrons. The first-order chi connectivity index (χ1) is 34.4. The number of rotatable bonds is 14. The molecule has 5 aliphatic heterocycles. The molecule has 1 unspecified atom stereocenters. The summed E-state index contributed by atoms with van der Waals surface area (Å²) in [6.45, 7) is 10.5. The van der Waals surface area contributed by atoms with Crippen molar-refractivity contribution in [2.24, 2.45) is 40.4 Å². The van der Waals surface area contributed by atoms with Crippen LogP contribution in [0.25, 0.3) is 0 Å². The smallest absolute Gasteiger partial charge is 0.187 e. The Morgan fingerprint density at radius 2 is 1.22 bits per heavy atom. The molecule has 0 spiro atoms. The molecule has 13 N–H and O–H groups in total. The van der Waals surface area contributed by atoms with E-state index in [1.54, 1.807) is 0 Å². The Hall–Kier alpha value is -1.14. The molecule has 0 bridgehead atoms. The highest BCUT2D eigenvalue weighted by molar-refractivity contribution is 5.27. The molecule has 31 atom stereocenters. The highest BCUT2D eigenvalue weighted by Crippen LogP contribution is 2.70. The van der Waals surface area contributed by atoms with Gasteiger partial charge < -0.3 is 109 Å². The molecule has 22 heteroatoms. The van der Waals surface area contributed by atoms with Gasteiger partial charge >= 0.3 is 0 Å². The van der Waals surface area contributed by atoms with Crippen LogP contribution in [0.15, 0.2) is 11.6 Å². The van der Waals surface area contributed by atoms with Gasteiger partial charge in [0.1, 0.15) is 85.5 Å². The Labute approximate surface area is 426 Å². The lowest BCUT2D eigenvalue weighted by Gasteiger charge is -2.59. The maximum atomic E-state index is 12.4.